The van der Waals surface area contributed by atoms with Gasteiger partial charge in [-0.2, -0.15) is 5.10 Å². The molecule has 8 nitrogen and oxygen atoms in total. The lowest BCUT2D eigenvalue weighted by molar-refractivity contribution is 0.0136. The highest BCUT2D eigenvalue weighted by Crippen LogP contribution is 2.21. The van der Waals surface area contributed by atoms with Crippen molar-refractivity contribution in [1.29, 1.82) is 0 Å². The van der Waals surface area contributed by atoms with Crippen LogP contribution in [0.25, 0.3) is 0 Å². The highest BCUT2D eigenvalue weighted by Gasteiger charge is 2.32. The summed E-state index contributed by atoms with van der Waals surface area (Å²) in [5.41, 5.74) is -0.483. The van der Waals surface area contributed by atoms with Crippen molar-refractivity contribution < 1.29 is 24.2 Å². The van der Waals surface area contributed by atoms with Crippen LogP contribution in [0.3, 0.4) is 0 Å². The van der Waals surface area contributed by atoms with Crippen LogP contribution in [0.5, 0.6) is 0 Å². The molecule has 0 aromatic carbocycles. The molecule has 0 bridgehead atoms. The van der Waals surface area contributed by atoms with Crippen LogP contribution < -0.4 is 0 Å². The van der Waals surface area contributed by atoms with Gasteiger partial charge in [-0.1, -0.05) is 0 Å². The second-order valence-electron chi connectivity index (χ2n) is 6.59. The van der Waals surface area contributed by atoms with Crippen LogP contribution in [-0.2, 0) is 9.39 Å². The summed E-state index contributed by atoms with van der Waals surface area (Å²) in [5, 5.41) is 23.7. The standard InChI is InChI=1S/C13H24BN3O5/c1-13(2,3)21-12(18)16-6-4-10(5-7-16)17-9-11(8-15-17)22-14(19)20/h8,10-11,19-20H,4-7,9H2,1-3H3. The molecular formula is C13H24BN3O5. The van der Waals surface area contributed by atoms with Gasteiger partial charge in [0.2, 0.25) is 0 Å². The molecule has 1 unspecified atom stereocenters. The molecule has 1 atom stereocenters. The van der Waals surface area contributed by atoms with Crippen molar-refractivity contribution in [2.24, 2.45) is 5.10 Å². The third-order valence-electron chi connectivity index (χ3n) is 3.58. The van der Waals surface area contributed by atoms with Crippen molar-refractivity contribution in [3.05, 3.63) is 0 Å². The third kappa shape index (κ3) is 4.86. The Labute approximate surface area is 130 Å². The summed E-state index contributed by atoms with van der Waals surface area (Å²) >= 11 is 0. The summed E-state index contributed by atoms with van der Waals surface area (Å²) in [6.45, 7) is 7.30. The fourth-order valence-corrected chi connectivity index (χ4v) is 2.59. The number of amides is 1. The average Bonchev–Trinajstić information content (AvgIpc) is 2.84. The zero-order valence-corrected chi connectivity index (χ0v) is 13.3. The fraction of sp³-hybridized carbons (Fsp3) is 0.846. The van der Waals surface area contributed by atoms with Crippen molar-refractivity contribution in [3.8, 4) is 0 Å². The van der Waals surface area contributed by atoms with E-state index < -0.39 is 19.0 Å². The topological polar surface area (TPSA) is 94.8 Å². The summed E-state index contributed by atoms with van der Waals surface area (Å²) < 4.78 is 10.2. The van der Waals surface area contributed by atoms with Crippen molar-refractivity contribution in [3.63, 3.8) is 0 Å². The number of nitrogens with zero attached hydrogens (tertiary/aromatic N) is 3. The number of hydrogen-bond donors (Lipinski definition) is 2. The second-order valence-corrected chi connectivity index (χ2v) is 6.59. The molecule has 22 heavy (non-hydrogen) atoms. The maximum Gasteiger partial charge on any atom is 0.634 e. The molecule has 2 aliphatic heterocycles. The van der Waals surface area contributed by atoms with E-state index in [1.54, 1.807) is 11.1 Å². The van der Waals surface area contributed by atoms with Gasteiger partial charge in [0.05, 0.1) is 18.8 Å². The normalized spacial score (nSPS) is 23.0. The highest BCUT2D eigenvalue weighted by atomic mass is 16.6. The molecule has 1 saturated heterocycles. The average molecular weight is 313 g/mol. The van der Waals surface area contributed by atoms with E-state index >= 15 is 0 Å². The molecule has 2 aliphatic rings. The first-order chi connectivity index (χ1) is 10.2. The van der Waals surface area contributed by atoms with Crippen LogP contribution in [-0.4, -0.2) is 77.0 Å². The molecule has 2 rings (SSSR count). The van der Waals surface area contributed by atoms with Gasteiger partial charge in [0.25, 0.3) is 0 Å². The molecule has 0 spiro atoms. The molecule has 1 fully saturated rings. The van der Waals surface area contributed by atoms with E-state index in [1.165, 1.54) is 0 Å². The van der Waals surface area contributed by atoms with Crippen LogP contribution in [0.2, 0.25) is 0 Å². The molecule has 124 valence electrons. The Hall–Kier alpha value is -1.32. The molecular weight excluding hydrogens is 289 g/mol. The molecule has 2 heterocycles. The van der Waals surface area contributed by atoms with Gasteiger partial charge in [-0.05, 0) is 33.6 Å². The number of hydrazone groups is 1. The summed E-state index contributed by atoms with van der Waals surface area (Å²) in [6, 6.07) is 0.222. The lowest BCUT2D eigenvalue weighted by Crippen LogP contribution is -2.47. The van der Waals surface area contributed by atoms with E-state index in [4.69, 9.17) is 19.4 Å². The molecule has 9 heteroatoms. The number of likely N-dealkylation sites (tertiary alicyclic amines) is 1. The van der Waals surface area contributed by atoms with E-state index in [9.17, 15) is 4.79 Å². The minimum absolute atomic E-state index is 0.222. The molecule has 0 aromatic rings. The summed E-state index contributed by atoms with van der Waals surface area (Å²) in [4.78, 5) is 13.7. The van der Waals surface area contributed by atoms with Gasteiger partial charge in [0.1, 0.15) is 11.7 Å². The van der Waals surface area contributed by atoms with E-state index in [0.29, 0.717) is 19.6 Å². The fourth-order valence-electron chi connectivity index (χ4n) is 2.59. The largest absolute Gasteiger partial charge is 0.634 e. The Kier molecular flexibility index (Phi) is 5.30. The lowest BCUT2D eigenvalue weighted by atomic mass is 10.0. The van der Waals surface area contributed by atoms with Gasteiger partial charge in [-0.25, -0.2) is 4.79 Å². The predicted molar refractivity (Wildman–Crippen MR) is 81.1 cm³/mol. The zero-order chi connectivity index (χ0) is 16.3. The van der Waals surface area contributed by atoms with Gasteiger partial charge in [0, 0.05) is 13.1 Å². The van der Waals surface area contributed by atoms with Crippen LogP contribution in [0.15, 0.2) is 5.10 Å². The van der Waals surface area contributed by atoms with Crippen LogP contribution >= 0.6 is 0 Å². The third-order valence-corrected chi connectivity index (χ3v) is 3.58. The Bertz CT molecular complexity index is 418. The quantitative estimate of drug-likeness (QED) is 0.715. The molecule has 2 N–H and O–H groups in total. The molecule has 0 radical (unpaired) electrons. The molecule has 1 amide bonds. The van der Waals surface area contributed by atoms with Gasteiger partial charge >= 0.3 is 13.4 Å². The van der Waals surface area contributed by atoms with Crippen molar-refractivity contribution in [2.45, 2.75) is 51.4 Å². The minimum atomic E-state index is -1.79. The van der Waals surface area contributed by atoms with Gasteiger partial charge in [-0.3, -0.25) is 5.01 Å². The van der Waals surface area contributed by atoms with E-state index in [-0.39, 0.29) is 12.1 Å². The van der Waals surface area contributed by atoms with Crippen LogP contribution in [0, 0.1) is 0 Å². The van der Waals surface area contributed by atoms with Crippen molar-refractivity contribution in [2.75, 3.05) is 19.6 Å². The summed E-state index contributed by atoms with van der Waals surface area (Å²) in [6.07, 6.45) is 2.47. The number of hydrogen-bond acceptors (Lipinski definition) is 7. The van der Waals surface area contributed by atoms with E-state index in [0.717, 1.165) is 12.8 Å². The number of carbonyl (C=O) groups excluding carboxylic acids is 1. The Morgan fingerprint density at radius 2 is 1.95 bits per heavy atom. The first-order valence-corrected chi connectivity index (χ1v) is 7.55. The van der Waals surface area contributed by atoms with E-state index in [1.807, 2.05) is 25.8 Å². The smallest absolute Gasteiger partial charge is 0.444 e. The van der Waals surface area contributed by atoms with Gasteiger partial charge in [-0.15, -0.1) is 0 Å². The SMILES string of the molecule is CC(C)(C)OC(=O)N1CCC(N2CC(OB(O)O)C=N2)CC1. The maximum atomic E-state index is 12.0. The van der Waals surface area contributed by atoms with Gasteiger partial charge in [0.15, 0.2) is 0 Å². The number of carbonyl (C=O) groups is 1. The molecule has 0 aromatic heterocycles. The number of rotatable bonds is 3. The second kappa shape index (κ2) is 6.85. The first kappa shape index (κ1) is 17.0. The van der Waals surface area contributed by atoms with Gasteiger partial charge < -0.3 is 24.3 Å². The maximum absolute atomic E-state index is 12.0. The lowest BCUT2D eigenvalue weighted by Gasteiger charge is -2.36. The van der Waals surface area contributed by atoms with Crippen LogP contribution in [0.1, 0.15) is 33.6 Å². The van der Waals surface area contributed by atoms with Crippen molar-refractivity contribution in [1.82, 2.24) is 9.91 Å². The van der Waals surface area contributed by atoms with Crippen LogP contribution in [0.4, 0.5) is 4.79 Å². The predicted octanol–water partition coefficient (Wildman–Crippen LogP) is 0.0420. The Balaban J connectivity index is 1.76. The highest BCUT2D eigenvalue weighted by molar-refractivity contribution is 6.33. The van der Waals surface area contributed by atoms with Crippen molar-refractivity contribution >= 4 is 19.6 Å². The Morgan fingerprint density at radius 3 is 2.50 bits per heavy atom. The molecule has 0 aliphatic carbocycles. The number of ether oxygens (including phenoxy) is 1. The first-order valence-electron chi connectivity index (χ1n) is 7.55. The Morgan fingerprint density at radius 1 is 1.32 bits per heavy atom. The molecule has 0 saturated carbocycles. The van der Waals surface area contributed by atoms with E-state index in [2.05, 4.69) is 5.10 Å². The minimum Gasteiger partial charge on any atom is -0.444 e. The number of piperidine rings is 1. The monoisotopic (exact) mass is 313 g/mol. The zero-order valence-electron chi connectivity index (χ0n) is 13.3. The summed E-state index contributed by atoms with van der Waals surface area (Å²) in [5.74, 6) is 0. The summed E-state index contributed by atoms with van der Waals surface area (Å²) in [7, 11) is -1.79.